The Hall–Kier alpha value is -7.68. The van der Waals surface area contributed by atoms with E-state index in [0.717, 1.165) is 55.8 Å². The standard InChI is InChI=1S/C68H54N2/c1-65(2)53-21-13-9-17-43(53)47-29-25-39(33-57(47)65)51-37-61-62(69-63(51)41-27-31-49-45-19-11-15-23-55(45)67(5,6)59(49)35-41)38-52(40-26-30-48-44-18-10-14-22-54(44)66(3,4)58(48)34-40)64(70-61)42-28-32-50-46-20-12-16-24-56(46)68(7,8)60(50)36-42/h9-38H,1-8H3. The van der Waals surface area contributed by atoms with E-state index in [2.05, 4.69) is 237 Å². The van der Waals surface area contributed by atoms with E-state index < -0.39 is 0 Å². The van der Waals surface area contributed by atoms with E-state index in [-0.39, 0.29) is 21.7 Å². The van der Waals surface area contributed by atoms with Crippen LogP contribution in [0, 0.1) is 0 Å². The zero-order valence-electron chi connectivity index (χ0n) is 41.2. The molecule has 2 heteroatoms. The van der Waals surface area contributed by atoms with Gasteiger partial charge in [-0.3, -0.25) is 0 Å². The number of benzene rings is 8. The van der Waals surface area contributed by atoms with Crippen LogP contribution in [0.3, 0.4) is 0 Å². The van der Waals surface area contributed by atoms with Gasteiger partial charge in [0, 0.05) is 43.9 Å². The van der Waals surface area contributed by atoms with Crippen LogP contribution in [0.25, 0.3) is 100 Å². The van der Waals surface area contributed by atoms with Crippen LogP contribution in [0.4, 0.5) is 0 Å². The van der Waals surface area contributed by atoms with Crippen LogP contribution in [0.5, 0.6) is 0 Å². The molecule has 2 heterocycles. The lowest BCUT2D eigenvalue weighted by Crippen LogP contribution is -2.15. The van der Waals surface area contributed by atoms with Gasteiger partial charge >= 0.3 is 0 Å². The Morgan fingerprint density at radius 1 is 0.229 bits per heavy atom. The molecule has 2 aromatic heterocycles. The molecule has 0 saturated carbocycles. The Labute approximate surface area is 411 Å². The zero-order valence-corrected chi connectivity index (χ0v) is 41.2. The first-order chi connectivity index (χ1) is 33.7. The second kappa shape index (κ2) is 14.0. The maximum atomic E-state index is 5.81. The Kier molecular flexibility index (Phi) is 8.25. The summed E-state index contributed by atoms with van der Waals surface area (Å²) in [5.41, 5.74) is 31.2. The van der Waals surface area contributed by atoms with Gasteiger partial charge < -0.3 is 0 Å². The highest BCUT2D eigenvalue weighted by atomic mass is 14.8. The van der Waals surface area contributed by atoms with E-state index in [1.807, 2.05) is 0 Å². The fourth-order valence-electron chi connectivity index (χ4n) is 13.4. The highest BCUT2D eigenvalue weighted by molar-refractivity contribution is 5.98. The van der Waals surface area contributed by atoms with Gasteiger partial charge in [0.2, 0.25) is 0 Å². The summed E-state index contributed by atoms with van der Waals surface area (Å²) in [7, 11) is 0. The Balaban J connectivity index is 1.02. The molecule has 0 radical (unpaired) electrons. The molecule has 0 amide bonds. The van der Waals surface area contributed by atoms with E-state index in [9.17, 15) is 0 Å². The first-order valence-electron chi connectivity index (χ1n) is 25.1. The molecule has 70 heavy (non-hydrogen) atoms. The van der Waals surface area contributed by atoms with Crippen LogP contribution in [-0.2, 0) is 21.7 Å². The third-order valence-electron chi connectivity index (χ3n) is 17.3. The van der Waals surface area contributed by atoms with Crippen molar-refractivity contribution in [2.24, 2.45) is 0 Å². The molecular formula is C68H54N2. The molecule has 2 nitrogen and oxygen atoms in total. The summed E-state index contributed by atoms with van der Waals surface area (Å²) in [5, 5.41) is 0. The van der Waals surface area contributed by atoms with Gasteiger partial charge in [-0.25, -0.2) is 9.97 Å². The van der Waals surface area contributed by atoms with Gasteiger partial charge in [-0.2, -0.15) is 0 Å². The molecule has 0 N–H and O–H groups in total. The van der Waals surface area contributed by atoms with Crippen molar-refractivity contribution in [2.75, 3.05) is 0 Å². The first-order valence-corrected chi connectivity index (χ1v) is 25.1. The van der Waals surface area contributed by atoms with Gasteiger partial charge in [-0.05, 0) is 137 Å². The zero-order chi connectivity index (χ0) is 47.6. The van der Waals surface area contributed by atoms with Gasteiger partial charge in [0.1, 0.15) is 0 Å². The summed E-state index contributed by atoms with van der Waals surface area (Å²) in [4.78, 5) is 11.6. The molecule has 0 spiro atoms. The van der Waals surface area contributed by atoms with Gasteiger partial charge in [-0.15, -0.1) is 0 Å². The molecule has 0 aliphatic heterocycles. The summed E-state index contributed by atoms with van der Waals surface area (Å²) >= 11 is 0. The van der Waals surface area contributed by atoms with Gasteiger partial charge in [-0.1, -0.05) is 201 Å². The summed E-state index contributed by atoms with van der Waals surface area (Å²) in [6.07, 6.45) is 0. The smallest absolute Gasteiger partial charge is 0.0901 e. The van der Waals surface area contributed by atoms with Crippen molar-refractivity contribution in [3.8, 4) is 89.3 Å². The van der Waals surface area contributed by atoms with E-state index in [1.165, 1.54) is 89.0 Å². The molecule has 4 aliphatic rings. The van der Waals surface area contributed by atoms with Crippen molar-refractivity contribution in [3.05, 3.63) is 226 Å². The fourth-order valence-corrected chi connectivity index (χ4v) is 13.4. The van der Waals surface area contributed by atoms with Crippen molar-refractivity contribution in [2.45, 2.75) is 77.0 Å². The Morgan fingerprint density at radius 2 is 0.471 bits per heavy atom. The first kappa shape index (κ1) is 41.3. The third kappa shape index (κ3) is 5.51. The number of fused-ring (bicyclic) bond motifs is 13. The van der Waals surface area contributed by atoms with E-state index in [0.29, 0.717) is 0 Å². The normalized spacial score (nSPS) is 16.2. The lowest BCUT2D eigenvalue weighted by atomic mass is 9.80. The molecule has 0 fully saturated rings. The van der Waals surface area contributed by atoms with Crippen molar-refractivity contribution in [3.63, 3.8) is 0 Å². The monoisotopic (exact) mass is 898 g/mol. The topological polar surface area (TPSA) is 25.8 Å². The number of rotatable bonds is 4. The van der Waals surface area contributed by atoms with E-state index in [4.69, 9.17) is 9.97 Å². The molecule has 14 rings (SSSR count). The molecule has 0 unspecified atom stereocenters. The average Bonchev–Trinajstić information content (AvgIpc) is 3.95. The minimum atomic E-state index is -0.154. The number of aromatic nitrogens is 2. The van der Waals surface area contributed by atoms with E-state index in [1.54, 1.807) is 0 Å². The molecular weight excluding hydrogens is 845 g/mol. The van der Waals surface area contributed by atoms with Gasteiger partial charge in [0.25, 0.3) is 0 Å². The van der Waals surface area contributed by atoms with Crippen LogP contribution < -0.4 is 0 Å². The maximum absolute atomic E-state index is 5.81. The fraction of sp³-hybridized carbons (Fsp3) is 0.176. The predicted octanol–water partition coefficient (Wildman–Crippen LogP) is 17.5. The van der Waals surface area contributed by atoms with Crippen LogP contribution in [0.1, 0.15) is 99.9 Å². The second-order valence-corrected chi connectivity index (χ2v) is 22.5. The van der Waals surface area contributed by atoms with Crippen molar-refractivity contribution < 1.29 is 0 Å². The van der Waals surface area contributed by atoms with Crippen molar-refractivity contribution >= 4 is 11.0 Å². The summed E-state index contributed by atoms with van der Waals surface area (Å²) in [6.45, 7) is 18.9. The Bertz CT molecular complexity index is 3440. The number of pyridine rings is 2. The molecule has 336 valence electrons. The van der Waals surface area contributed by atoms with Gasteiger partial charge in [0.05, 0.1) is 22.4 Å². The van der Waals surface area contributed by atoms with Crippen LogP contribution in [-0.4, -0.2) is 9.97 Å². The average molecular weight is 899 g/mol. The van der Waals surface area contributed by atoms with Gasteiger partial charge in [0.15, 0.2) is 0 Å². The van der Waals surface area contributed by atoms with Crippen LogP contribution in [0.2, 0.25) is 0 Å². The quantitative estimate of drug-likeness (QED) is 0.176. The highest BCUT2D eigenvalue weighted by Gasteiger charge is 2.39. The number of nitrogens with zero attached hydrogens (tertiary/aromatic N) is 2. The molecule has 0 saturated heterocycles. The van der Waals surface area contributed by atoms with Crippen LogP contribution >= 0.6 is 0 Å². The third-order valence-corrected chi connectivity index (χ3v) is 17.3. The molecule has 10 aromatic rings. The number of hydrogen-bond donors (Lipinski definition) is 0. The highest BCUT2D eigenvalue weighted by Crippen LogP contribution is 2.55. The van der Waals surface area contributed by atoms with Crippen molar-refractivity contribution in [1.29, 1.82) is 0 Å². The van der Waals surface area contributed by atoms with E-state index >= 15 is 0 Å². The summed E-state index contributed by atoms with van der Waals surface area (Å²) < 4.78 is 0. The second-order valence-electron chi connectivity index (χ2n) is 22.5. The molecule has 0 bridgehead atoms. The minimum absolute atomic E-state index is 0.150. The minimum Gasteiger partial charge on any atom is -0.245 e. The number of hydrogen-bond acceptors (Lipinski definition) is 2. The largest absolute Gasteiger partial charge is 0.245 e. The molecule has 4 aliphatic carbocycles. The molecule has 8 aromatic carbocycles. The summed E-state index contributed by atoms with van der Waals surface area (Å²) in [6, 6.07) is 68.6. The molecule has 0 atom stereocenters. The lowest BCUT2D eigenvalue weighted by molar-refractivity contribution is 0.660. The maximum Gasteiger partial charge on any atom is 0.0901 e. The summed E-state index contributed by atoms with van der Waals surface area (Å²) in [5.74, 6) is 0. The SMILES string of the molecule is CC1(C)c2ccccc2-c2ccc(-c3cc4nc(-c5ccc6c(c5)C(C)(C)c5ccccc5-6)c(-c5ccc6c(c5)C(C)(C)c5ccccc5-6)cc4nc3-c3ccc4c(c3)C(C)(C)c3ccccc3-4)cc21. The van der Waals surface area contributed by atoms with Crippen LogP contribution in [0.15, 0.2) is 182 Å². The Morgan fingerprint density at radius 3 is 0.771 bits per heavy atom. The predicted molar refractivity (Wildman–Crippen MR) is 292 cm³/mol. The lowest BCUT2D eigenvalue weighted by Gasteiger charge is -2.24. The van der Waals surface area contributed by atoms with Crippen molar-refractivity contribution in [1.82, 2.24) is 9.97 Å².